The van der Waals surface area contributed by atoms with Crippen LogP contribution in [0.5, 0.6) is 11.5 Å². The van der Waals surface area contributed by atoms with Crippen molar-refractivity contribution >= 4 is 17.7 Å². The highest BCUT2D eigenvalue weighted by Crippen LogP contribution is 2.31. The summed E-state index contributed by atoms with van der Waals surface area (Å²) in [6, 6.07) is 5.16. The van der Waals surface area contributed by atoms with Gasteiger partial charge in [-0.25, -0.2) is 4.79 Å². The van der Waals surface area contributed by atoms with Crippen LogP contribution in [0.4, 0.5) is 10.5 Å². The summed E-state index contributed by atoms with van der Waals surface area (Å²) in [5.74, 6) is 0.451. The maximum absolute atomic E-state index is 12.2. The van der Waals surface area contributed by atoms with Gasteiger partial charge in [-0.05, 0) is 32.9 Å². The van der Waals surface area contributed by atoms with Crippen LogP contribution in [0.1, 0.15) is 20.8 Å². The van der Waals surface area contributed by atoms with Crippen molar-refractivity contribution in [2.75, 3.05) is 25.6 Å². The van der Waals surface area contributed by atoms with Gasteiger partial charge >= 0.3 is 6.09 Å². The van der Waals surface area contributed by atoms with Crippen LogP contribution in [0.15, 0.2) is 18.2 Å². The smallest absolute Gasteiger partial charge is 0.407 e. The topological polar surface area (TPSA) is 85.9 Å². The molecule has 1 aromatic carbocycles. The molecule has 7 nitrogen and oxygen atoms in total. The lowest BCUT2D eigenvalue weighted by atomic mass is 10.1. The summed E-state index contributed by atoms with van der Waals surface area (Å²) >= 11 is 0. The van der Waals surface area contributed by atoms with Crippen LogP contribution in [0, 0.1) is 5.92 Å². The van der Waals surface area contributed by atoms with E-state index in [0.29, 0.717) is 17.2 Å². The zero-order chi connectivity index (χ0) is 17.0. The van der Waals surface area contributed by atoms with Gasteiger partial charge in [0.05, 0.1) is 18.7 Å². The van der Waals surface area contributed by atoms with Crippen LogP contribution in [-0.4, -0.2) is 37.9 Å². The largest absolute Gasteiger partial charge is 0.497 e. The summed E-state index contributed by atoms with van der Waals surface area (Å²) in [6.07, 6.45) is -0.561. The molecule has 1 atom stereocenters. The van der Waals surface area contributed by atoms with Crippen molar-refractivity contribution in [3.8, 4) is 11.5 Å². The van der Waals surface area contributed by atoms with Gasteiger partial charge in [-0.3, -0.25) is 4.79 Å². The van der Waals surface area contributed by atoms with Crippen molar-refractivity contribution in [3.05, 3.63) is 18.2 Å². The highest BCUT2D eigenvalue weighted by molar-refractivity contribution is 5.95. The van der Waals surface area contributed by atoms with Gasteiger partial charge in [0, 0.05) is 12.6 Å². The number of alkyl carbamates (subject to hydrolysis) is 1. The van der Waals surface area contributed by atoms with Crippen LogP contribution >= 0.6 is 0 Å². The number of benzene rings is 1. The van der Waals surface area contributed by atoms with E-state index in [1.807, 2.05) is 0 Å². The summed E-state index contributed by atoms with van der Waals surface area (Å²) in [5, 5.41) is 5.37. The van der Waals surface area contributed by atoms with Crippen molar-refractivity contribution in [3.63, 3.8) is 0 Å². The Balaban J connectivity index is 1.96. The third-order valence-electron chi connectivity index (χ3n) is 3.15. The normalized spacial score (nSPS) is 17.2. The molecule has 0 saturated heterocycles. The summed E-state index contributed by atoms with van der Waals surface area (Å²) < 4.78 is 15.9. The average molecular weight is 322 g/mol. The molecule has 1 heterocycles. The molecular formula is C16H22N2O5. The fourth-order valence-corrected chi connectivity index (χ4v) is 2.03. The van der Waals surface area contributed by atoms with E-state index >= 15 is 0 Å². The van der Waals surface area contributed by atoms with E-state index in [9.17, 15) is 9.59 Å². The minimum absolute atomic E-state index is 0.131. The predicted molar refractivity (Wildman–Crippen MR) is 84.8 cm³/mol. The lowest BCUT2D eigenvalue weighted by Gasteiger charge is -2.20. The fraction of sp³-hybridized carbons (Fsp3) is 0.500. The number of anilines is 1. The Hall–Kier alpha value is -2.44. The molecule has 0 radical (unpaired) electrons. The van der Waals surface area contributed by atoms with Crippen LogP contribution in [-0.2, 0) is 9.53 Å². The number of amides is 2. The number of fused-ring (bicyclic) bond motifs is 1. The third-order valence-corrected chi connectivity index (χ3v) is 3.15. The van der Waals surface area contributed by atoms with Crippen molar-refractivity contribution < 1.29 is 23.8 Å². The van der Waals surface area contributed by atoms with Gasteiger partial charge in [0.1, 0.15) is 23.7 Å². The molecule has 0 fully saturated rings. The Morgan fingerprint density at radius 2 is 2.17 bits per heavy atom. The molecule has 126 valence electrons. The molecule has 2 amide bonds. The first kappa shape index (κ1) is 16.9. The van der Waals surface area contributed by atoms with E-state index in [4.69, 9.17) is 14.2 Å². The number of hydrogen-bond acceptors (Lipinski definition) is 5. The third kappa shape index (κ3) is 4.77. The number of rotatable bonds is 3. The monoisotopic (exact) mass is 322 g/mol. The summed E-state index contributed by atoms with van der Waals surface area (Å²) in [7, 11) is 1.56. The molecule has 0 aliphatic carbocycles. The maximum Gasteiger partial charge on any atom is 0.407 e. The average Bonchev–Trinajstić information content (AvgIpc) is 2.61. The van der Waals surface area contributed by atoms with Gasteiger partial charge in [0.25, 0.3) is 0 Å². The fourth-order valence-electron chi connectivity index (χ4n) is 2.03. The van der Waals surface area contributed by atoms with E-state index in [2.05, 4.69) is 10.6 Å². The van der Waals surface area contributed by atoms with Crippen molar-refractivity contribution in [2.45, 2.75) is 26.4 Å². The maximum atomic E-state index is 12.2. The second-order valence-corrected chi connectivity index (χ2v) is 6.24. The second kappa shape index (κ2) is 6.76. The molecule has 0 aromatic heterocycles. The number of carbonyl (C=O) groups excluding carboxylic acids is 2. The molecule has 0 bridgehead atoms. The second-order valence-electron chi connectivity index (χ2n) is 6.24. The first-order chi connectivity index (χ1) is 10.8. The highest BCUT2D eigenvalue weighted by Gasteiger charge is 2.26. The van der Waals surface area contributed by atoms with Gasteiger partial charge in [-0.15, -0.1) is 0 Å². The summed E-state index contributed by atoms with van der Waals surface area (Å²) in [5.41, 5.74) is -0.00501. The van der Waals surface area contributed by atoms with E-state index in [-0.39, 0.29) is 19.1 Å². The molecule has 23 heavy (non-hydrogen) atoms. The van der Waals surface area contributed by atoms with Crippen LogP contribution in [0.2, 0.25) is 0 Å². The first-order valence-electron chi connectivity index (χ1n) is 7.37. The quantitative estimate of drug-likeness (QED) is 0.891. The number of ether oxygens (including phenoxy) is 3. The van der Waals surface area contributed by atoms with Gasteiger partial charge in [-0.2, -0.15) is 0 Å². The van der Waals surface area contributed by atoms with E-state index in [1.54, 1.807) is 46.1 Å². The van der Waals surface area contributed by atoms with Crippen molar-refractivity contribution in [1.82, 2.24) is 5.32 Å². The van der Waals surface area contributed by atoms with E-state index in [1.165, 1.54) is 0 Å². The SMILES string of the molecule is COc1ccc2c(c1)OCC(CNC(=O)OC(C)(C)C)C(=O)N2. The Bertz CT molecular complexity index is 595. The lowest BCUT2D eigenvalue weighted by molar-refractivity contribution is -0.120. The number of methoxy groups -OCH3 is 1. The zero-order valence-electron chi connectivity index (χ0n) is 13.8. The van der Waals surface area contributed by atoms with Gasteiger partial charge in [-0.1, -0.05) is 0 Å². The Kier molecular flexibility index (Phi) is 4.98. The molecule has 1 unspecified atom stereocenters. The molecule has 0 saturated carbocycles. The number of hydrogen-bond donors (Lipinski definition) is 2. The molecule has 1 aliphatic heterocycles. The highest BCUT2D eigenvalue weighted by atomic mass is 16.6. The Morgan fingerprint density at radius 3 is 2.83 bits per heavy atom. The predicted octanol–water partition coefficient (Wildman–Crippen LogP) is 2.17. The standard InChI is InChI=1S/C16H22N2O5/c1-16(2,3)23-15(20)17-8-10-9-22-13-7-11(21-4)5-6-12(13)18-14(10)19/h5-7,10H,8-9H2,1-4H3,(H,17,20)(H,18,19). The van der Waals surface area contributed by atoms with Gasteiger partial charge < -0.3 is 24.8 Å². The molecule has 2 rings (SSSR count). The van der Waals surface area contributed by atoms with Crippen LogP contribution < -0.4 is 20.1 Å². The first-order valence-corrected chi connectivity index (χ1v) is 7.37. The van der Waals surface area contributed by atoms with Crippen molar-refractivity contribution in [2.24, 2.45) is 5.92 Å². The molecule has 1 aromatic rings. The van der Waals surface area contributed by atoms with Crippen LogP contribution in [0.3, 0.4) is 0 Å². The minimum Gasteiger partial charge on any atom is -0.497 e. The Labute approximate surface area is 135 Å². The lowest BCUT2D eigenvalue weighted by Crippen LogP contribution is -2.40. The van der Waals surface area contributed by atoms with E-state index < -0.39 is 17.6 Å². The summed E-state index contributed by atoms with van der Waals surface area (Å²) in [4.78, 5) is 23.9. The number of carbonyl (C=O) groups is 2. The molecule has 1 aliphatic rings. The molecular weight excluding hydrogens is 300 g/mol. The minimum atomic E-state index is -0.584. The molecule has 2 N–H and O–H groups in total. The van der Waals surface area contributed by atoms with Crippen LogP contribution in [0.25, 0.3) is 0 Å². The number of nitrogens with one attached hydrogen (secondary N) is 2. The van der Waals surface area contributed by atoms with E-state index in [0.717, 1.165) is 0 Å². The molecule has 7 heteroatoms. The zero-order valence-corrected chi connectivity index (χ0v) is 13.8. The van der Waals surface area contributed by atoms with Crippen molar-refractivity contribution in [1.29, 1.82) is 0 Å². The van der Waals surface area contributed by atoms with Gasteiger partial charge in [0.15, 0.2) is 0 Å². The van der Waals surface area contributed by atoms with Gasteiger partial charge in [0.2, 0.25) is 5.91 Å². The Morgan fingerprint density at radius 1 is 1.43 bits per heavy atom. The molecule has 0 spiro atoms. The summed E-state index contributed by atoms with van der Waals surface area (Å²) in [6.45, 7) is 5.61.